The van der Waals surface area contributed by atoms with Crippen LogP contribution in [-0.4, -0.2) is 27.0 Å². The van der Waals surface area contributed by atoms with Crippen molar-refractivity contribution in [1.82, 2.24) is 4.40 Å². The van der Waals surface area contributed by atoms with Gasteiger partial charge in [-0.1, -0.05) is 29.8 Å². The quantitative estimate of drug-likeness (QED) is 0.561. The molecule has 3 rings (SSSR count). The molecule has 168 valence electrons. The Morgan fingerprint density at radius 2 is 1.94 bits per heavy atom. The first-order valence-electron chi connectivity index (χ1n) is 9.72. The van der Waals surface area contributed by atoms with E-state index in [-0.39, 0.29) is 22.5 Å². The standard InChI is InChI=1S/C23H22ClFN2O5/c1-23(2,3)32-22(31)19(26)14-10-15(21(29)30)20(28)27-11-12(7-8-17(14)27)9-13-5-4-6-16(24)18(13)25/h4-8,10-11,19H,9,26H2,1-3H3,(H,29,30). The fraction of sp³-hybridized carbons (Fsp3) is 0.261. The van der Waals surface area contributed by atoms with E-state index in [0.717, 1.165) is 10.5 Å². The lowest BCUT2D eigenvalue weighted by Crippen LogP contribution is -2.33. The summed E-state index contributed by atoms with van der Waals surface area (Å²) in [7, 11) is 0. The van der Waals surface area contributed by atoms with Crippen molar-refractivity contribution >= 4 is 29.1 Å². The van der Waals surface area contributed by atoms with Crippen LogP contribution in [0.25, 0.3) is 5.52 Å². The molecule has 0 bridgehead atoms. The summed E-state index contributed by atoms with van der Waals surface area (Å²) in [5.74, 6) is -2.80. The average molecular weight is 461 g/mol. The number of ether oxygens (including phenoxy) is 1. The zero-order chi connectivity index (χ0) is 23.8. The second kappa shape index (κ2) is 8.72. The lowest BCUT2D eigenvalue weighted by Gasteiger charge is -2.23. The molecule has 32 heavy (non-hydrogen) atoms. The van der Waals surface area contributed by atoms with Crippen molar-refractivity contribution in [3.05, 3.63) is 86.0 Å². The van der Waals surface area contributed by atoms with Crippen molar-refractivity contribution in [3.63, 3.8) is 0 Å². The molecule has 9 heteroatoms. The van der Waals surface area contributed by atoms with Gasteiger partial charge in [-0.3, -0.25) is 9.20 Å². The van der Waals surface area contributed by atoms with E-state index in [9.17, 15) is 23.9 Å². The van der Waals surface area contributed by atoms with Crippen molar-refractivity contribution in [2.75, 3.05) is 0 Å². The summed E-state index contributed by atoms with van der Waals surface area (Å²) < 4.78 is 20.7. The Bertz CT molecular complexity index is 1280. The van der Waals surface area contributed by atoms with Crippen molar-refractivity contribution in [1.29, 1.82) is 0 Å². The minimum atomic E-state index is -1.46. The van der Waals surface area contributed by atoms with Gasteiger partial charge in [0.25, 0.3) is 5.56 Å². The van der Waals surface area contributed by atoms with Gasteiger partial charge in [0.15, 0.2) is 0 Å². The molecule has 0 aliphatic heterocycles. The zero-order valence-electron chi connectivity index (χ0n) is 17.7. The number of carbonyl (C=O) groups is 2. The Labute approximate surface area is 188 Å². The molecule has 0 radical (unpaired) electrons. The van der Waals surface area contributed by atoms with E-state index in [0.29, 0.717) is 11.1 Å². The maximum absolute atomic E-state index is 14.3. The lowest BCUT2D eigenvalue weighted by atomic mass is 10.0. The van der Waals surface area contributed by atoms with Gasteiger partial charge in [0.2, 0.25) is 0 Å². The van der Waals surface area contributed by atoms with E-state index < -0.39 is 40.5 Å². The Morgan fingerprint density at radius 3 is 2.56 bits per heavy atom. The summed E-state index contributed by atoms with van der Waals surface area (Å²) in [5, 5.41) is 9.46. The van der Waals surface area contributed by atoms with Crippen LogP contribution in [-0.2, 0) is 16.0 Å². The molecule has 0 fully saturated rings. The van der Waals surface area contributed by atoms with Gasteiger partial charge in [0, 0.05) is 18.2 Å². The molecule has 0 spiro atoms. The molecule has 3 aromatic rings. The molecule has 0 saturated carbocycles. The van der Waals surface area contributed by atoms with Crippen LogP contribution >= 0.6 is 11.6 Å². The van der Waals surface area contributed by atoms with Gasteiger partial charge >= 0.3 is 11.9 Å². The number of pyridine rings is 2. The molecular weight excluding hydrogens is 439 g/mol. The highest BCUT2D eigenvalue weighted by molar-refractivity contribution is 6.30. The molecule has 2 heterocycles. The second-order valence-electron chi connectivity index (χ2n) is 8.32. The number of carboxylic acid groups (broad SMARTS) is 1. The number of nitrogens with zero attached hydrogens (tertiary/aromatic N) is 1. The number of nitrogens with two attached hydrogens (primary N) is 1. The lowest BCUT2D eigenvalue weighted by molar-refractivity contribution is -0.156. The SMILES string of the molecule is CC(C)(C)OC(=O)C(N)c1cc(C(=O)O)c(=O)n2cc(Cc3cccc(Cl)c3F)ccc12. The van der Waals surface area contributed by atoms with Crippen molar-refractivity contribution < 1.29 is 23.8 Å². The second-order valence-corrected chi connectivity index (χ2v) is 8.72. The predicted octanol–water partition coefficient (Wildman–Crippen LogP) is 3.72. The minimum Gasteiger partial charge on any atom is -0.477 e. The zero-order valence-corrected chi connectivity index (χ0v) is 18.4. The first-order valence-corrected chi connectivity index (χ1v) is 10.1. The number of carboxylic acids is 1. The summed E-state index contributed by atoms with van der Waals surface area (Å²) >= 11 is 5.83. The van der Waals surface area contributed by atoms with Crippen LogP contribution in [0.15, 0.2) is 47.4 Å². The predicted molar refractivity (Wildman–Crippen MR) is 118 cm³/mol. The van der Waals surface area contributed by atoms with Gasteiger partial charge in [-0.15, -0.1) is 0 Å². The van der Waals surface area contributed by atoms with Crippen LogP contribution in [0.5, 0.6) is 0 Å². The summed E-state index contributed by atoms with van der Waals surface area (Å²) in [6, 6.07) is 7.53. The molecule has 1 unspecified atom stereocenters. The monoisotopic (exact) mass is 460 g/mol. The molecule has 0 aliphatic rings. The number of aromatic carboxylic acids is 1. The van der Waals surface area contributed by atoms with E-state index >= 15 is 0 Å². The van der Waals surface area contributed by atoms with Crippen LogP contribution in [0, 0.1) is 5.82 Å². The molecule has 0 amide bonds. The smallest absolute Gasteiger partial charge is 0.341 e. The first kappa shape index (κ1) is 23.4. The number of halogens is 2. The van der Waals surface area contributed by atoms with Gasteiger partial charge in [-0.05, 0) is 50.1 Å². The van der Waals surface area contributed by atoms with Crippen LogP contribution in [0.3, 0.4) is 0 Å². The molecule has 3 N–H and O–H groups in total. The highest BCUT2D eigenvalue weighted by Gasteiger charge is 2.27. The molecule has 1 aromatic carbocycles. The molecular formula is C23H22ClFN2O5. The number of fused-ring (bicyclic) bond motifs is 1. The number of aromatic nitrogens is 1. The summed E-state index contributed by atoms with van der Waals surface area (Å²) in [6.07, 6.45) is 1.51. The molecule has 2 aromatic heterocycles. The molecule has 7 nitrogen and oxygen atoms in total. The van der Waals surface area contributed by atoms with Crippen molar-refractivity contribution in [2.45, 2.75) is 38.8 Å². The molecule has 0 aliphatic carbocycles. The van der Waals surface area contributed by atoms with Gasteiger partial charge in [0.1, 0.15) is 23.0 Å². The number of carbonyl (C=O) groups excluding carboxylic acids is 1. The maximum atomic E-state index is 14.3. The van der Waals surface area contributed by atoms with E-state index in [2.05, 4.69) is 0 Å². The third-order valence-electron chi connectivity index (χ3n) is 4.71. The number of hydrogen-bond donors (Lipinski definition) is 2. The third kappa shape index (κ3) is 4.81. The highest BCUT2D eigenvalue weighted by Crippen LogP contribution is 2.24. The number of benzene rings is 1. The van der Waals surface area contributed by atoms with Crippen LogP contribution in [0.2, 0.25) is 5.02 Å². The Balaban J connectivity index is 2.15. The summed E-state index contributed by atoms with van der Waals surface area (Å²) in [5.41, 5.74) is 5.12. The first-order chi connectivity index (χ1) is 14.9. The average Bonchev–Trinajstić information content (AvgIpc) is 2.70. The largest absolute Gasteiger partial charge is 0.477 e. The van der Waals surface area contributed by atoms with Gasteiger partial charge in [-0.25, -0.2) is 14.0 Å². The Kier molecular flexibility index (Phi) is 6.39. The van der Waals surface area contributed by atoms with Gasteiger partial charge in [-0.2, -0.15) is 0 Å². The van der Waals surface area contributed by atoms with Crippen molar-refractivity contribution in [2.24, 2.45) is 5.73 Å². The van der Waals surface area contributed by atoms with E-state index in [4.69, 9.17) is 22.1 Å². The van der Waals surface area contributed by atoms with Crippen LogP contribution < -0.4 is 11.3 Å². The minimum absolute atomic E-state index is 0.0285. The number of esters is 1. The van der Waals surface area contributed by atoms with Gasteiger partial charge < -0.3 is 15.6 Å². The topological polar surface area (TPSA) is 111 Å². The summed E-state index contributed by atoms with van der Waals surface area (Å²) in [6.45, 7) is 5.03. The molecule has 1 atom stereocenters. The van der Waals surface area contributed by atoms with Crippen LogP contribution in [0.1, 0.15) is 53.9 Å². The normalized spacial score (nSPS) is 12.6. The number of rotatable bonds is 5. The molecule has 0 saturated heterocycles. The Morgan fingerprint density at radius 1 is 1.25 bits per heavy atom. The highest BCUT2D eigenvalue weighted by atomic mass is 35.5. The fourth-order valence-corrected chi connectivity index (χ4v) is 3.47. The number of hydrogen-bond acceptors (Lipinski definition) is 5. The Hall–Kier alpha value is -3.23. The van der Waals surface area contributed by atoms with Crippen molar-refractivity contribution in [3.8, 4) is 0 Å². The van der Waals surface area contributed by atoms with E-state index in [1.54, 1.807) is 39.0 Å². The fourth-order valence-electron chi connectivity index (χ4n) is 3.27. The van der Waals surface area contributed by atoms with Crippen LogP contribution in [0.4, 0.5) is 4.39 Å². The van der Waals surface area contributed by atoms with Gasteiger partial charge in [0.05, 0.1) is 10.5 Å². The van der Waals surface area contributed by atoms with E-state index in [1.807, 2.05) is 0 Å². The maximum Gasteiger partial charge on any atom is 0.341 e. The summed E-state index contributed by atoms with van der Waals surface area (Å²) in [4.78, 5) is 37.0. The van der Waals surface area contributed by atoms with E-state index in [1.165, 1.54) is 18.3 Å². The third-order valence-corrected chi connectivity index (χ3v) is 5.00.